The van der Waals surface area contributed by atoms with Crippen LogP contribution in [0.2, 0.25) is 0 Å². The molecule has 0 saturated heterocycles. The number of carbonyl (C=O) groups excluding carboxylic acids is 1. The Morgan fingerprint density at radius 1 is 0.931 bits per heavy atom. The Hall–Kier alpha value is -3.93. The van der Waals surface area contributed by atoms with Crippen LogP contribution in [-0.4, -0.2) is 5.91 Å². The fourth-order valence-electron chi connectivity index (χ4n) is 2.89. The van der Waals surface area contributed by atoms with Crippen molar-refractivity contribution >= 4 is 22.6 Å². The lowest BCUT2D eigenvalue weighted by Gasteiger charge is -2.19. The van der Waals surface area contributed by atoms with E-state index < -0.39 is 23.5 Å². The minimum atomic E-state index is -0.964. The highest BCUT2D eigenvalue weighted by molar-refractivity contribution is 5.95. The number of hydrogen-bond acceptors (Lipinski definition) is 4. The minimum Gasteiger partial charge on any atom is -0.476 e. The van der Waals surface area contributed by atoms with Gasteiger partial charge in [-0.25, -0.2) is 9.18 Å². The molecule has 6 heteroatoms. The lowest BCUT2D eigenvalue weighted by molar-refractivity contribution is -0.123. The molecule has 0 bridgehead atoms. The summed E-state index contributed by atoms with van der Waals surface area (Å²) in [5.41, 5.74) is 0.983. The molecular formula is C23H16FNO4. The van der Waals surface area contributed by atoms with E-state index in [4.69, 9.17) is 9.15 Å². The van der Waals surface area contributed by atoms with Gasteiger partial charge in [-0.15, -0.1) is 0 Å². The van der Waals surface area contributed by atoms with E-state index in [1.807, 2.05) is 6.07 Å². The highest BCUT2D eigenvalue weighted by Gasteiger charge is 2.23. The number of rotatable bonds is 5. The first-order valence-corrected chi connectivity index (χ1v) is 8.90. The van der Waals surface area contributed by atoms with Crippen molar-refractivity contribution in [3.05, 3.63) is 107 Å². The zero-order valence-corrected chi connectivity index (χ0v) is 15.2. The standard InChI is InChI=1S/C23H16FNO4/c24-17-8-10-18(11-9-17)25-23(27)22(16-4-2-1-3-5-16)28-19-12-6-15-7-13-21(26)29-20(15)14-19/h1-14,22H,(H,25,27)/t22-/m0/s1. The van der Waals surface area contributed by atoms with Crippen LogP contribution in [0.5, 0.6) is 5.75 Å². The molecule has 0 unspecified atom stereocenters. The Bertz CT molecular complexity index is 1200. The van der Waals surface area contributed by atoms with Gasteiger partial charge in [0, 0.05) is 28.8 Å². The lowest BCUT2D eigenvalue weighted by Crippen LogP contribution is -2.25. The van der Waals surface area contributed by atoms with Gasteiger partial charge in [0.05, 0.1) is 0 Å². The molecule has 0 spiro atoms. The maximum absolute atomic E-state index is 13.1. The predicted molar refractivity (Wildman–Crippen MR) is 107 cm³/mol. The van der Waals surface area contributed by atoms with Crippen LogP contribution in [0, 0.1) is 5.82 Å². The van der Waals surface area contributed by atoms with E-state index in [2.05, 4.69) is 5.32 Å². The van der Waals surface area contributed by atoms with Gasteiger partial charge in [0.2, 0.25) is 6.10 Å². The second kappa shape index (κ2) is 7.98. The highest BCUT2D eigenvalue weighted by Crippen LogP contribution is 2.26. The molecule has 0 radical (unpaired) electrons. The molecule has 1 N–H and O–H groups in total. The van der Waals surface area contributed by atoms with Gasteiger partial charge in [0.25, 0.3) is 5.91 Å². The van der Waals surface area contributed by atoms with Crippen molar-refractivity contribution in [2.24, 2.45) is 0 Å². The Morgan fingerprint density at radius 3 is 2.41 bits per heavy atom. The van der Waals surface area contributed by atoms with E-state index >= 15 is 0 Å². The largest absolute Gasteiger partial charge is 0.476 e. The molecule has 0 fully saturated rings. The van der Waals surface area contributed by atoms with Crippen LogP contribution in [0.15, 0.2) is 94.1 Å². The van der Waals surface area contributed by atoms with Crippen LogP contribution in [0.4, 0.5) is 10.1 Å². The second-order valence-corrected chi connectivity index (χ2v) is 6.36. The van der Waals surface area contributed by atoms with Gasteiger partial charge in [-0.3, -0.25) is 4.79 Å². The molecule has 0 saturated carbocycles. The van der Waals surface area contributed by atoms with E-state index in [-0.39, 0.29) is 0 Å². The van der Waals surface area contributed by atoms with Crippen molar-refractivity contribution in [1.29, 1.82) is 0 Å². The SMILES string of the molecule is O=C(Nc1ccc(F)cc1)[C@@H](Oc1ccc2ccc(=O)oc2c1)c1ccccc1. The van der Waals surface area contributed by atoms with E-state index in [0.717, 1.165) is 5.39 Å². The van der Waals surface area contributed by atoms with Gasteiger partial charge in [0.15, 0.2) is 0 Å². The molecule has 1 amide bonds. The summed E-state index contributed by atoms with van der Waals surface area (Å²) in [7, 11) is 0. The van der Waals surface area contributed by atoms with Gasteiger partial charge in [-0.1, -0.05) is 30.3 Å². The van der Waals surface area contributed by atoms with Gasteiger partial charge in [-0.2, -0.15) is 0 Å². The van der Waals surface area contributed by atoms with E-state index in [1.165, 1.54) is 30.3 Å². The highest BCUT2D eigenvalue weighted by atomic mass is 19.1. The molecule has 4 rings (SSSR count). The average molecular weight is 389 g/mol. The Labute approximate surface area is 165 Å². The molecule has 4 aromatic rings. The Kier molecular flexibility index (Phi) is 5.07. The van der Waals surface area contributed by atoms with Crippen LogP contribution in [0.3, 0.4) is 0 Å². The number of fused-ring (bicyclic) bond motifs is 1. The van der Waals surface area contributed by atoms with Crippen LogP contribution in [-0.2, 0) is 4.79 Å². The maximum atomic E-state index is 13.1. The third-order valence-electron chi connectivity index (χ3n) is 4.30. The minimum absolute atomic E-state index is 0.362. The number of halogens is 1. The van der Waals surface area contributed by atoms with Crippen molar-refractivity contribution < 1.29 is 18.3 Å². The van der Waals surface area contributed by atoms with Gasteiger partial charge in [0.1, 0.15) is 17.1 Å². The first-order valence-electron chi connectivity index (χ1n) is 8.90. The quantitative estimate of drug-likeness (QED) is 0.503. The summed E-state index contributed by atoms with van der Waals surface area (Å²) in [4.78, 5) is 24.4. The first-order chi connectivity index (χ1) is 14.1. The van der Waals surface area contributed by atoms with Gasteiger partial charge < -0.3 is 14.5 Å². The van der Waals surface area contributed by atoms with Crippen molar-refractivity contribution in [1.82, 2.24) is 0 Å². The molecule has 0 aliphatic heterocycles. The van der Waals surface area contributed by atoms with Crippen molar-refractivity contribution in [2.45, 2.75) is 6.10 Å². The third-order valence-corrected chi connectivity index (χ3v) is 4.30. The fraction of sp³-hybridized carbons (Fsp3) is 0.0435. The second-order valence-electron chi connectivity index (χ2n) is 6.36. The summed E-state index contributed by atoms with van der Waals surface area (Å²) < 4.78 is 24.3. The van der Waals surface area contributed by atoms with E-state index in [1.54, 1.807) is 48.5 Å². The first kappa shape index (κ1) is 18.4. The summed E-state index contributed by atoms with van der Waals surface area (Å²) in [6.07, 6.45) is -0.964. The third kappa shape index (κ3) is 4.32. The zero-order chi connectivity index (χ0) is 20.2. The molecule has 0 aliphatic carbocycles. The number of amides is 1. The van der Waals surface area contributed by atoms with Crippen molar-refractivity contribution in [2.75, 3.05) is 5.32 Å². The molecular weight excluding hydrogens is 373 g/mol. The lowest BCUT2D eigenvalue weighted by atomic mass is 10.1. The number of anilines is 1. The number of nitrogens with one attached hydrogen (secondary N) is 1. The van der Waals surface area contributed by atoms with Gasteiger partial charge >= 0.3 is 5.63 Å². The van der Waals surface area contributed by atoms with E-state index in [9.17, 15) is 14.0 Å². The molecule has 5 nitrogen and oxygen atoms in total. The molecule has 1 heterocycles. The summed E-state index contributed by atoms with van der Waals surface area (Å²) in [6.45, 7) is 0. The molecule has 29 heavy (non-hydrogen) atoms. The zero-order valence-electron chi connectivity index (χ0n) is 15.2. The number of ether oxygens (including phenoxy) is 1. The van der Waals surface area contributed by atoms with Gasteiger partial charge in [-0.05, 0) is 42.5 Å². The average Bonchev–Trinajstić information content (AvgIpc) is 2.74. The van der Waals surface area contributed by atoms with Crippen LogP contribution in [0.25, 0.3) is 11.0 Å². The van der Waals surface area contributed by atoms with Crippen LogP contribution < -0.4 is 15.7 Å². The molecule has 144 valence electrons. The predicted octanol–water partition coefficient (Wildman–Crippen LogP) is 4.69. The number of benzene rings is 3. The molecule has 1 atom stereocenters. The topological polar surface area (TPSA) is 68.5 Å². The van der Waals surface area contributed by atoms with Crippen molar-refractivity contribution in [3.63, 3.8) is 0 Å². The molecule has 3 aromatic carbocycles. The van der Waals surface area contributed by atoms with E-state index in [0.29, 0.717) is 22.6 Å². The summed E-state index contributed by atoms with van der Waals surface area (Å²) in [6, 6.07) is 22.5. The fourth-order valence-corrected chi connectivity index (χ4v) is 2.89. The Balaban J connectivity index is 1.64. The molecule has 0 aliphatic rings. The number of hydrogen-bond donors (Lipinski definition) is 1. The number of carbonyl (C=O) groups is 1. The summed E-state index contributed by atoms with van der Waals surface area (Å²) >= 11 is 0. The van der Waals surface area contributed by atoms with Crippen LogP contribution >= 0.6 is 0 Å². The monoisotopic (exact) mass is 389 g/mol. The smallest absolute Gasteiger partial charge is 0.336 e. The summed E-state index contributed by atoms with van der Waals surface area (Å²) in [5, 5.41) is 3.47. The molecule has 1 aromatic heterocycles. The van der Waals surface area contributed by atoms with Crippen LogP contribution in [0.1, 0.15) is 11.7 Å². The Morgan fingerprint density at radius 2 is 1.66 bits per heavy atom. The normalized spacial score (nSPS) is 11.8. The summed E-state index contributed by atoms with van der Waals surface area (Å²) in [5.74, 6) is -0.441. The maximum Gasteiger partial charge on any atom is 0.336 e. The van der Waals surface area contributed by atoms with Crippen molar-refractivity contribution in [3.8, 4) is 5.75 Å².